The Balaban J connectivity index is 2.23. The Bertz CT molecular complexity index is 979. The summed E-state index contributed by atoms with van der Waals surface area (Å²) >= 11 is 0.964. The fraction of sp³-hybridized carbons (Fsp3) is 0.167. The van der Waals surface area contributed by atoms with Gasteiger partial charge in [0.15, 0.2) is 0 Å². The van der Waals surface area contributed by atoms with Gasteiger partial charge in [0.1, 0.15) is 4.88 Å². The number of benzene rings is 1. The van der Waals surface area contributed by atoms with Crippen molar-refractivity contribution in [3.8, 4) is 11.1 Å². The first-order valence-electron chi connectivity index (χ1n) is 7.57. The largest absolute Gasteiger partial charge is 0.417 e. The summed E-state index contributed by atoms with van der Waals surface area (Å²) in [5.74, 6) is -0.519. The van der Waals surface area contributed by atoms with Crippen molar-refractivity contribution in [1.29, 1.82) is 0 Å². The number of aliphatic imine (C=N–C) groups is 1. The van der Waals surface area contributed by atoms with Crippen LogP contribution in [0.15, 0.2) is 47.6 Å². The number of fused-ring (bicyclic) bond motifs is 1. The zero-order valence-corrected chi connectivity index (χ0v) is 14.7. The van der Waals surface area contributed by atoms with Gasteiger partial charge in [-0.05, 0) is 11.6 Å². The molecular formula is C18H14F3N3OS. The quantitative estimate of drug-likeness (QED) is 0.490. The molecule has 0 spiro atoms. The van der Waals surface area contributed by atoms with E-state index in [1.54, 1.807) is 43.3 Å². The topological polar surface area (TPSA) is 45.6 Å². The fourth-order valence-electron chi connectivity index (χ4n) is 2.38. The van der Waals surface area contributed by atoms with Crippen molar-refractivity contribution in [2.45, 2.75) is 6.18 Å². The number of halogens is 3. The SMILES string of the molecule is CN(C)C=NC(=O)c1sc2cc(C(F)(F)F)cnc2c1-c1ccccc1. The number of hydrogen-bond donors (Lipinski definition) is 0. The zero-order chi connectivity index (χ0) is 18.9. The van der Waals surface area contributed by atoms with Gasteiger partial charge >= 0.3 is 6.18 Å². The van der Waals surface area contributed by atoms with Gasteiger partial charge in [-0.25, -0.2) is 0 Å². The molecule has 134 valence electrons. The molecule has 4 nitrogen and oxygen atoms in total. The number of nitrogens with zero attached hydrogens (tertiary/aromatic N) is 3. The van der Waals surface area contributed by atoms with E-state index in [2.05, 4.69) is 9.98 Å². The van der Waals surface area contributed by atoms with Crippen LogP contribution >= 0.6 is 11.3 Å². The maximum Gasteiger partial charge on any atom is 0.417 e. The van der Waals surface area contributed by atoms with Crippen LogP contribution < -0.4 is 0 Å². The first-order valence-corrected chi connectivity index (χ1v) is 8.39. The molecule has 0 aliphatic heterocycles. The third-order valence-corrected chi connectivity index (χ3v) is 4.63. The summed E-state index contributed by atoms with van der Waals surface area (Å²) in [5, 5.41) is 0. The van der Waals surface area contributed by atoms with Crippen molar-refractivity contribution in [3.63, 3.8) is 0 Å². The second kappa shape index (κ2) is 6.87. The lowest BCUT2D eigenvalue weighted by atomic mass is 10.0. The number of aromatic nitrogens is 1. The average molecular weight is 377 g/mol. The normalized spacial score (nSPS) is 12.0. The summed E-state index contributed by atoms with van der Waals surface area (Å²) in [6.07, 6.45) is -2.35. The van der Waals surface area contributed by atoms with Gasteiger partial charge in [-0.3, -0.25) is 9.78 Å². The molecule has 3 aromatic rings. The maximum absolute atomic E-state index is 13.0. The highest BCUT2D eigenvalue weighted by atomic mass is 32.1. The van der Waals surface area contributed by atoms with E-state index in [4.69, 9.17) is 0 Å². The molecule has 0 radical (unpaired) electrons. The third-order valence-electron chi connectivity index (χ3n) is 3.52. The predicted octanol–water partition coefficient (Wildman–Crippen LogP) is 4.71. The lowest BCUT2D eigenvalue weighted by Gasteiger charge is -2.06. The Kier molecular flexibility index (Phi) is 4.78. The Labute approximate surface area is 151 Å². The number of carbonyl (C=O) groups excluding carboxylic acids is 1. The molecule has 0 N–H and O–H groups in total. The number of carbonyl (C=O) groups is 1. The number of amides is 1. The van der Waals surface area contributed by atoms with Crippen molar-refractivity contribution in [2.24, 2.45) is 4.99 Å². The summed E-state index contributed by atoms with van der Waals surface area (Å²) in [5.41, 5.74) is 0.717. The first-order chi connectivity index (χ1) is 12.3. The van der Waals surface area contributed by atoms with Crippen molar-refractivity contribution in [2.75, 3.05) is 14.1 Å². The van der Waals surface area contributed by atoms with Crippen LogP contribution in [-0.4, -0.2) is 36.2 Å². The molecule has 26 heavy (non-hydrogen) atoms. The average Bonchev–Trinajstić information content (AvgIpc) is 2.98. The molecule has 8 heteroatoms. The van der Waals surface area contributed by atoms with Gasteiger partial charge in [0.05, 0.1) is 22.1 Å². The van der Waals surface area contributed by atoms with Crippen molar-refractivity contribution in [1.82, 2.24) is 9.88 Å². The van der Waals surface area contributed by atoms with Gasteiger partial charge in [0.25, 0.3) is 5.91 Å². The molecule has 3 rings (SSSR count). The molecule has 2 aromatic heterocycles. The summed E-state index contributed by atoms with van der Waals surface area (Å²) in [6.45, 7) is 0. The van der Waals surface area contributed by atoms with E-state index in [1.807, 2.05) is 6.07 Å². The highest BCUT2D eigenvalue weighted by Gasteiger charge is 2.32. The summed E-state index contributed by atoms with van der Waals surface area (Å²) in [7, 11) is 3.44. The van der Waals surface area contributed by atoms with Crippen LogP contribution in [-0.2, 0) is 6.18 Å². The molecule has 1 amide bonds. The number of hydrogen-bond acceptors (Lipinski definition) is 3. The van der Waals surface area contributed by atoms with Gasteiger partial charge < -0.3 is 4.90 Å². The highest BCUT2D eigenvalue weighted by Crippen LogP contribution is 2.40. The molecule has 0 atom stereocenters. The Morgan fingerprint density at radius 1 is 1.23 bits per heavy atom. The van der Waals surface area contributed by atoms with E-state index in [-0.39, 0.29) is 4.88 Å². The summed E-state index contributed by atoms with van der Waals surface area (Å²) < 4.78 is 39.2. The van der Waals surface area contributed by atoms with Crippen LogP contribution in [0, 0.1) is 0 Å². The van der Waals surface area contributed by atoms with Gasteiger partial charge in [-0.1, -0.05) is 30.3 Å². The van der Waals surface area contributed by atoms with E-state index in [1.165, 1.54) is 6.34 Å². The number of rotatable bonds is 3. The first kappa shape index (κ1) is 18.1. The number of alkyl halides is 3. The van der Waals surface area contributed by atoms with Crippen molar-refractivity contribution < 1.29 is 18.0 Å². The fourth-order valence-corrected chi connectivity index (χ4v) is 3.50. The van der Waals surface area contributed by atoms with Gasteiger partial charge in [0, 0.05) is 25.9 Å². The number of pyridine rings is 1. The predicted molar refractivity (Wildman–Crippen MR) is 96.6 cm³/mol. The monoisotopic (exact) mass is 377 g/mol. The Morgan fingerprint density at radius 3 is 2.54 bits per heavy atom. The van der Waals surface area contributed by atoms with Crippen LogP contribution in [0.25, 0.3) is 21.3 Å². The number of thiophene rings is 1. The van der Waals surface area contributed by atoms with Crippen LogP contribution in [0.3, 0.4) is 0 Å². The molecule has 0 saturated carbocycles. The summed E-state index contributed by atoms with van der Waals surface area (Å²) in [6, 6.07) is 9.99. The van der Waals surface area contributed by atoms with Crippen LogP contribution in [0.1, 0.15) is 15.2 Å². The summed E-state index contributed by atoms with van der Waals surface area (Å²) in [4.78, 5) is 22.3. The maximum atomic E-state index is 13.0. The zero-order valence-electron chi connectivity index (χ0n) is 13.9. The molecule has 0 aliphatic rings. The molecule has 0 bridgehead atoms. The molecule has 0 saturated heterocycles. The molecule has 0 aliphatic carbocycles. The minimum absolute atomic E-state index is 0.260. The van der Waals surface area contributed by atoms with E-state index in [9.17, 15) is 18.0 Å². The van der Waals surface area contributed by atoms with Crippen LogP contribution in [0.2, 0.25) is 0 Å². The molecule has 1 aromatic carbocycles. The lowest BCUT2D eigenvalue weighted by molar-refractivity contribution is -0.137. The van der Waals surface area contributed by atoms with Gasteiger partial charge in [-0.2, -0.15) is 18.2 Å². The van der Waals surface area contributed by atoms with E-state index in [0.717, 1.165) is 23.6 Å². The van der Waals surface area contributed by atoms with Crippen molar-refractivity contribution in [3.05, 3.63) is 53.0 Å². The molecular weight excluding hydrogens is 363 g/mol. The van der Waals surface area contributed by atoms with Crippen LogP contribution in [0.5, 0.6) is 0 Å². The van der Waals surface area contributed by atoms with Crippen LogP contribution in [0.4, 0.5) is 13.2 Å². The second-order valence-electron chi connectivity index (χ2n) is 5.75. The van der Waals surface area contributed by atoms with E-state index in [0.29, 0.717) is 21.3 Å². The van der Waals surface area contributed by atoms with E-state index >= 15 is 0 Å². The third kappa shape index (κ3) is 3.60. The highest BCUT2D eigenvalue weighted by molar-refractivity contribution is 7.21. The minimum atomic E-state index is -4.49. The second-order valence-corrected chi connectivity index (χ2v) is 6.81. The molecule has 0 fully saturated rings. The molecule has 0 unspecified atom stereocenters. The van der Waals surface area contributed by atoms with Gasteiger partial charge in [-0.15, -0.1) is 11.3 Å². The standard InChI is InChI=1S/C18H14F3N3OS/c1-24(2)10-23-17(25)16-14(11-6-4-3-5-7-11)15-13(26-16)8-12(9-22-15)18(19,20)21/h3-10H,1-2H3. The van der Waals surface area contributed by atoms with Crippen molar-refractivity contribution >= 4 is 33.8 Å². The Morgan fingerprint density at radius 2 is 1.92 bits per heavy atom. The lowest BCUT2D eigenvalue weighted by Crippen LogP contribution is -2.09. The molecule has 2 heterocycles. The van der Waals surface area contributed by atoms with Gasteiger partial charge in [0.2, 0.25) is 0 Å². The smallest absolute Gasteiger partial charge is 0.369 e. The Hall–Kier alpha value is -2.74. The minimum Gasteiger partial charge on any atom is -0.369 e. The van der Waals surface area contributed by atoms with E-state index < -0.39 is 17.6 Å².